The summed E-state index contributed by atoms with van der Waals surface area (Å²) in [5, 5.41) is 8.70. The highest BCUT2D eigenvalue weighted by Crippen LogP contribution is 2.34. The summed E-state index contributed by atoms with van der Waals surface area (Å²) in [5.74, 6) is 1.05. The van der Waals surface area contributed by atoms with E-state index in [-0.39, 0.29) is 6.17 Å². The number of hydrogen-bond donors (Lipinski definition) is 3. The van der Waals surface area contributed by atoms with Crippen LogP contribution in [0.2, 0.25) is 0 Å². The molecule has 3 N–H and O–H groups in total. The summed E-state index contributed by atoms with van der Waals surface area (Å²) >= 11 is 0. The van der Waals surface area contributed by atoms with Gasteiger partial charge in [0.25, 0.3) is 6.43 Å². The Bertz CT molecular complexity index is 1080. The molecule has 3 heterocycles. The molecule has 2 aromatic rings. The van der Waals surface area contributed by atoms with Crippen molar-refractivity contribution in [3.63, 3.8) is 0 Å². The average molecular weight is 437 g/mol. The van der Waals surface area contributed by atoms with Crippen LogP contribution in [0.4, 0.5) is 14.5 Å². The zero-order valence-electron chi connectivity index (χ0n) is 17.5. The highest BCUT2D eigenvalue weighted by atomic mass is 19.3. The summed E-state index contributed by atoms with van der Waals surface area (Å²) in [7, 11) is 0. The summed E-state index contributed by atoms with van der Waals surface area (Å²) in [6, 6.07) is 13.6. The molecule has 0 aliphatic carbocycles. The van der Waals surface area contributed by atoms with Gasteiger partial charge in [-0.2, -0.15) is 0 Å². The van der Waals surface area contributed by atoms with Gasteiger partial charge in [-0.15, -0.1) is 0 Å². The summed E-state index contributed by atoms with van der Waals surface area (Å²) in [4.78, 5) is 4.81. The van der Waals surface area contributed by atoms with Crippen molar-refractivity contribution in [3.05, 3.63) is 77.5 Å². The maximum Gasteiger partial charge on any atom is 0.272 e. The van der Waals surface area contributed by atoms with Crippen LogP contribution in [0.3, 0.4) is 0 Å². The van der Waals surface area contributed by atoms with Crippen molar-refractivity contribution in [1.82, 2.24) is 15.8 Å². The first-order chi connectivity index (χ1) is 15.7. The van der Waals surface area contributed by atoms with Gasteiger partial charge >= 0.3 is 0 Å². The minimum absolute atomic E-state index is 0.330. The Kier molecular flexibility index (Phi) is 5.77. The third-order valence-corrected chi connectivity index (χ3v) is 5.72. The van der Waals surface area contributed by atoms with Gasteiger partial charge in [0.2, 0.25) is 5.96 Å². The van der Waals surface area contributed by atoms with Crippen molar-refractivity contribution < 1.29 is 13.5 Å². The predicted octanol–water partition coefficient (Wildman–Crippen LogP) is 3.54. The summed E-state index contributed by atoms with van der Waals surface area (Å²) in [6.07, 6.45) is 4.92. The number of rotatable bonds is 5. The van der Waals surface area contributed by atoms with E-state index in [1.807, 2.05) is 35.5 Å². The molecule has 2 aromatic carbocycles. The van der Waals surface area contributed by atoms with E-state index in [4.69, 9.17) is 9.73 Å². The van der Waals surface area contributed by atoms with Crippen molar-refractivity contribution in [2.45, 2.75) is 25.4 Å². The van der Waals surface area contributed by atoms with Gasteiger partial charge in [0.15, 0.2) is 6.17 Å². The third kappa shape index (κ3) is 4.31. The molecular weight excluding hydrogens is 412 g/mol. The lowest BCUT2D eigenvalue weighted by atomic mass is 10.00. The van der Waals surface area contributed by atoms with Crippen LogP contribution in [0.5, 0.6) is 5.75 Å². The van der Waals surface area contributed by atoms with Gasteiger partial charge in [-0.1, -0.05) is 30.3 Å². The van der Waals surface area contributed by atoms with Crippen LogP contribution in [0.1, 0.15) is 16.7 Å². The van der Waals surface area contributed by atoms with Gasteiger partial charge in [-0.05, 0) is 61.3 Å². The monoisotopic (exact) mass is 437 g/mol. The number of hydrogen-bond acceptors (Lipinski definition) is 6. The molecule has 6 nitrogen and oxygen atoms in total. The van der Waals surface area contributed by atoms with Crippen LogP contribution in [0.25, 0.3) is 5.57 Å². The smallest absolute Gasteiger partial charge is 0.272 e. The maximum absolute atomic E-state index is 12.7. The van der Waals surface area contributed by atoms with Crippen molar-refractivity contribution in [2.24, 2.45) is 4.99 Å². The van der Waals surface area contributed by atoms with Crippen molar-refractivity contribution >= 4 is 17.2 Å². The fourth-order valence-electron chi connectivity index (χ4n) is 4.22. The molecule has 0 spiro atoms. The average Bonchev–Trinajstić information content (AvgIpc) is 3.06. The standard InChI is InChI=1S/C24H25F2N5O/c25-22(26)15-32-21-6-2-1-4-19(21)20-5-3-13-31-23(20)29-24(30-31)28-18-8-7-16-9-11-27-12-10-17(16)14-18/h1-8,13-14,22-23,27H,9-12,15H2,(H2,28,29,30). The first-order valence-corrected chi connectivity index (χ1v) is 10.8. The zero-order valence-corrected chi connectivity index (χ0v) is 17.5. The Morgan fingerprint density at radius 1 is 1.12 bits per heavy atom. The number of fused-ring (bicyclic) bond motifs is 2. The van der Waals surface area contributed by atoms with E-state index in [0.29, 0.717) is 11.7 Å². The Hall–Kier alpha value is -3.39. The molecule has 5 rings (SSSR count). The second kappa shape index (κ2) is 9.00. The highest BCUT2D eigenvalue weighted by molar-refractivity contribution is 5.96. The van der Waals surface area contributed by atoms with Crippen LogP contribution >= 0.6 is 0 Å². The van der Waals surface area contributed by atoms with E-state index in [0.717, 1.165) is 42.8 Å². The van der Waals surface area contributed by atoms with Gasteiger partial charge in [0.1, 0.15) is 12.4 Å². The number of alkyl halides is 2. The lowest BCUT2D eigenvalue weighted by Crippen LogP contribution is -2.40. The maximum atomic E-state index is 12.7. The second-order valence-corrected chi connectivity index (χ2v) is 7.89. The molecule has 1 atom stereocenters. The molecular formula is C24H25F2N5O. The van der Waals surface area contributed by atoms with Crippen LogP contribution in [-0.4, -0.2) is 43.3 Å². The van der Waals surface area contributed by atoms with E-state index >= 15 is 0 Å². The van der Waals surface area contributed by atoms with Gasteiger partial charge < -0.3 is 15.4 Å². The Labute approximate surface area is 185 Å². The fourth-order valence-corrected chi connectivity index (χ4v) is 4.22. The van der Waals surface area contributed by atoms with Crippen LogP contribution in [0, 0.1) is 0 Å². The topological polar surface area (TPSA) is 60.9 Å². The van der Waals surface area contributed by atoms with Crippen molar-refractivity contribution in [1.29, 1.82) is 0 Å². The normalized spacial score (nSPS) is 19.5. The molecule has 0 fully saturated rings. The number of aliphatic imine (C=N–C) groups is 1. The molecule has 0 aromatic heterocycles. The minimum Gasteiger partial charge on any atom is -0.487 e. The van der Waals surface area contributed by atoms with Gasteiger partial charge in [0.05, 0.1) is 0 Å². The van der Waals surface area contributed by atoms with Gasteiger partial charge in [0, 0.05) is 23.0 Å². The summed E-state index contributed by atoms with van der Waals surface area (Å²) < 4.78 is 30.7. The first kappa shape index (κ1) is 20.5. The Morgan fingerprint density at radius 3 is 2.84 bits per heavy atom. The number of halogens is 2. The first-order valence-electron chi connectivity index (χ1n) is 10.8. The summed E-state index contributed by atoms with van der Waals surface area (Å²) in [6.45, 7) is 1.35. The van der Waals surface area contributed by atoms with E-state index in [1.54, 1.807) is 12.1 Å². The van der Waals surface area contributed by atoms with Crippen LogP contribution < -0.4 is 20.8 Å². The van der Waals surface area contributed by atoms with E-state index in [9.17, 15) is 8.78 Å². The number of ether oxygens (including phenoxy) is 1. The number of nitrogens with one attached hydrogen (secondary N) is 3. The molecule has 1 unspecified atom stereocenters. The minimum atomic E-state index is -2.53. The lowest BCUT2D eigenvalue weighted by molar-refractivity contribution is 0.0817. The lowest BCUT2D eigenvalue weighted by Gasteiger charge is -2.27. The summed E-state index contributed by atoms with van der Waals surface area (Å²) in [5.41, 5.74) is 8.60. The zero-order chi connectivity index (χ0) is 21.9. The number of guanidine groups is 1. The van der Waals surface area contributed by atoms with Crippen molar-refractivity contribution in [2.75, 3.05) is 25.0 Å². The van der Waals surface area contributed by atoms with Crippen LogP contribution in [0.15, 0.2) is 65.8 Å². The van der Waals surface area contributed by atoms with E-state index in [1.165, 1.54) is 11.1 Å². The molecule has 0 bridgehead atoms. The highest BCUT2D eigenvalue weighted by Gasteiger charge is 2.31. The molecule has 3 aliphatic heterocycles. The number of nitrogens with zero attached hydrogens (tertiary/aromatic N) is 2. The second-order valence-electron chi connectivity index (χ2n) is 7.89. The molecule has 8 heteroatoms. The Balaban J connectivity index is 1.37. The largest absolute Gasteiger partial charge is 0.487 e. The number of benzene rings is 2. The molecule has 0 radical (unpaired) electrons. The Morgan fingerprint density at radius 2 is 1.97 bits per heavy atom. The molecule has 0 amide bonds. The van der Waals surface area contributed by atoms with E-state index in [2.05, 4.69) is 34.3 Å². The molecule has 0 saturated carbocycles. The fraction of sp³-hybridized carbons (Fsp3) is 0.292. The molecule has 32 heavy (non-hydrogen) atoms. The van der Waals surface area contributed by atoms with Gasteiger partial charge in [-0.3, -0.25) is 10.4 Å². The third-order valence-electron chi connectivity index (χ3n) is 5.72. The van der Waals surface area contributed by atoms with Gasteiger partial charge in [-0.25, -0.2) is 13.8 Å². The number of allylic oxidation sites excluding steroid dienone is 2. The van der Waals surface area contributed by atoms with E-state index < -0.39 is 13.0 Å². The number of hydrazine groups is 1. The molecule has 0 saturated heterocycles. The predicted molar refractivity (Wildman–Crippen MR) is 122 cm³/mol. The number of para-hydroxylation sites is 1. The number of anilines is 1. The molecule has 166 valence electrons. The molecule has 3 aliphatic rings. The van der Waals surface area contributed by atoms with Crippen molar-refractivity contribution in [3.8, 4) is 5.75 Å². The van der Waals surface area contributed by atoms with Crippen LogP contribution in [-0.2, 0) is 12.8 Å². The SMILES string of the molecule is FC(F)COc1ccccc1C1=CC=CN2NC(Nc3ccc4c(c3)CCNCC4)=NC12. The quantitative estimate of drug-likeness (QED) is 0.668.